The van der Waals surface area contributed by atoms with Crippen molar-refractivity contribution in [1.29, 1.82) is 0 Å². The van der Waals surface area contributed by atoms with Crippen LogP contribution in [0.25, 0.3) is 0 Å². The number of ether oxygens (including phenoxy) is 4. The van der Waals surface area contributed by atoms with Crippen LogP contribution in [0.3, 0.4) is 0 Å². The molecule has 41 heavy (non-hydrogen) atoms. The number of carbonyl (C=O) groups is 1. The standard InChI is InChI=1S/C34H54O6Si/c1-24-19-29(35)31(38-23-36-7)27-16-15-26(33(27,5)6)20-28(24)34(39-21-25-13-11-10-12-14-25)22-37-30(34)17-18-40-41(8,9)32(2,3)4/h10-14,20,24,27-28,30-31H,15-19,21-23H2,1-9H3/b26-20+/t24-,27?,28-,30+,31+,34+/m0/s1. The van der Waals surface area contributed by atoms with Gasteiger partial charge in [0, 0.05) is 32.0 Å². The molecule has 1 unspecified atom stereocenters. The summed E-state index contributed by atoms with van der Waals surface area (Å²) in [4.78, 5) is 13.8. The minimum Gasteiger partial charge on any atom is -0.417 e. The van der Waals surface area contributed by atoms with E-state index in [1.807, 2.05) is 6.07 Å². The molecule has 0 amide bonds. The van der Waals surface area contributed by atoms with Gasteiger partial charge in [0.1, 0.15) is 18.5 Å². The summed E-state index contributed by atoms with van der Waals surface area (Å²) >= 11 is 0. The Kier molecular flexibility index (Phi) is 10.1. The van der Waals surface area contributed by atoms with Crippen LogP contribution in [0.4, 0.5) is 0 Å². The molecule has 3 aliphatic rings. The summed E-state index contributed by atoms with van der Waals surface area (Å²) in [6, 6.07) is 10.4. The van der Waals surface area contributed by atoms with E-state index in [1.54, 1.807) is 7.11 Å². The Balaban J connectivity index is 1.66. The predicted octanol–water partition coefficient (Wildman–Crippen LogP) is 7.33. The SMILES string of the molecule is COCO[C@H]1C(=O)C[C@H](C)[C@@H]([C@]2(OCc3ccccc3)CO[C@@H]2CCO[Si](C)(C)C(C)(C)C)/C=C2\CCC1C2(C)C. The molecule has 0 N–H and O–H groups in total. The lowest BCUT2D eigenvalue weighted by molar-refractivity contribution is -0.291. The topological polar surface area (TPSA) is 63.2 Å². The van der Waals surface area contributed by atoms with Gasteiger partial charge in [-0.2, -0.15) is 0 Å². The fourth-order valence-electron chi connectivity index (χ4n) is 6.86. The van der Waals surface area contributed by atoms with E-state index in [0.717, 1.165) is 24.8 Å². The fraction of sp³-hybridized carbons (Fsp3) is 0.735. The molecule has 2 aliphatic carbocycles. The third-order valence-corrected chi connectivity index (χ3v) is 15.2. The zero-order chi connectivity index (χ0) is 30.1. The van der Waals surface area contributed by atoms with Crippen LogP contribution in [0, 0.1) is 23.2 Å². The van der Waals surface area contributed by atoms with Gasteiger partial charge in [-0.05, 0) is 54.3 Å². The number of benzene rings is 1. The Bertz CT molecular complexity index is 1060. The molecule has 0 spiro atoms. The summed E-state index contributed by atoms with van der Waals surface area (Å²) in [6.45, 7) is 20.0. The first-order valence-electron chi connectivity index (χ1n) is 15.5. The smallest absolute Gasteiger partial charge is 0.191 e. The second-order valence-corrected chi connectivity index (χ2v) is 19.5. The van der Waals surface area contributed by atoms with Crippen molar-refractivity contribution in [3.63, 3.8) is 0 Å². The van der Waals surface area contributed by atoms with Crippen molar-refractivity contribution in [1.82, 2.24) is 0 Å². The van der Waals surface area contributed by atoms with Crippen LogP contribution in [0.5, 0.6) is 0 Å². The number of methoxy groups -OCH3 is 1. The third kappa shape index (κ3) is 6.76. The van der Waals surface area contributed by atoms with E-state index in [2.05, 4.69) is 85.0 Å². The molecule has 1 heterocycles. The third-order valence-electron chi connectivity index (χ3n) is 10.7. The summed E-state index contributed by atoms with van der Waals surface area (Å²) in [5.41, 5.74) is 1.87. The fourth-order valence-corrected chi connectivity index (χ4v) is 7.92. The molecule has 1 aromatic rings. The van der Waals surface area contributed by atoms with Gasteiger partial charge in [0.25, 0.3) is 0 Å². The van der Waals surface area contributed by atoms with Crippen LogP contribution in [0.2, 0.25) is 18.1 Å². The number of fused-ring (bicyclic) bond motifs is 2. The lowest BCUT2D eigenvalue weighted by atomic mass is 9.69. The molecule has 1 aliphatic heterocycles. The largest absolute Gasteiger partial charge is 0.417 e. The number of hydrogen-bond acceptors (Lipinski definition) is 6. The Morgan fingerprint density at radius 2 is 1.83 bits per heavy atom. The quantitative estimate of drug-likeness (QED) is 0.154. The van der Waals surface area contributed by atoms with Gasteiger partial charge in [0.15, 0.2) is 14.1 Å². The van der Waals surface area contributed by atoms with E-state index in [1.165, 1.54) is 5.57 Å². The van der Waals surface area contributed by atoms with Gasteiger partial charge in [-0.25, -0.2) is 0 Å². The van der Waals surface area contributed by atoms with Gasteiger partial charge in [-0.1, -0.05) is 83.5 Å². The molecular weight excluding hydrogens is 532 g/mol. The minimum absolute atomic E-state index is 0.0379. The second kappa shape index (κ2) is 12.7. The molecule has 1 aromatic carbocycles. The summed E-state index contributed by atoms with van der Waals surface area (Å²) in [5, 5.41) is 0.150. The van der Waals surface area contributed by atoms with Crippen molar-refractivity contribution in [3.05, 3.63) is 47.5 Å². The van der Waals surface area contributed by atoms with Gasteiger partial charge >= 0.3 is 0 Å². The first-order valence-corrected chi connectivity index (χ1v) is 18.4. The van der Waals surface area contributed by atoms with E-state index in [-0.39, 0.29) is 46.9 Å². The molecule has 230 valence electrons. The zero-order valence-electron chi connectivity index (χ0n) is 27.0. The molecule has 7 heteroatoms. The first kappa shape index (κ1) is 32.6. The van der Waals surface area contributed by atoms with Crippen molar-refractivity contribution in [2.24, 2.45) is 23.2 Å². The highest BCUT2D eigenvalue weighted by molar-refractivity contribution is 6.74. The summed E-state index contributed by atoms with van der Waals surface area (Å²) in [5.74, 6) is 0.415. The van der Waals surface area contributed by atoms with Gasteiger partial charge in [-0.15, -0.1) is 0 Å². The molecule has 2 bridgehead atoms. The van der Waals surface area contributed by atoms with Crippen LogP contribution in [0.1, 0.15) is 72.8 Å². The molecule has 1 saturated heterocycles. The zero-order valence-corrected chi connectivity index (χ0v) is 28.0. The number of rotatable bonds is 11. The molecule has 4 rings (SSSR count). The molecule has 6 nitrogen and oxygen atoms in total. The Labute approximate surface area is 249 Å². The maximum Gasteiger partial charge on any atom is 0.191 e. The van der Waals surface area contributed by atoms with Crippen molar-refractivity contribution in [2.45, 2.75) is 110 Å². The van der Waals surface area contributed by atoms with Gasteiger partial charge in [0.2, 0.25) is 0 Å². The lowest BCUT2D eigenvalue weighted by Crippen LogP contribution is -2.65. The van der Waals surface area contributed by atoms with Crippen molar-refractivity contribution in [2.75, 3.05) is 27.1 Å². The Hall–Kier alpha value is -1.35. The summed E-state index contributed by atoms with van der Waals surface area (Å²) < 4.78 is 31.2. The average molecular weight is 587 g/mol. The van der Waals surface area contributed by atoms with Crippen molar-refractivity contribution < 1.29 is 28.2 Å². The summed E-state index contributed by atoms with van der Waals surface area (Å²) in [7, 11) is -0.274. The van der Waals surface area contributed by atoms with Crippen molar-refractivity contribution in [3.8, 4) is 0 Å². The lowest BCUT2D eigenvalue weighted by Gasteiger charge is -2.54. The molecule has 0 radical (unpaired) electrons. The number of hydrogen-bond donors (Lipinski definition) is 0. The van der Waals surface area contributed by atoms with E-state index in [4.69, 9.17) is 23.4 Å². The Morgan fingerprint density at radius 1 is 1.12 bits per heavy atom. The van der Waals surface area contributed by atoms with E-state index < -0.39 is 20.0 Å². The average Bonchev–Trinajstić information content (AvgIpc) is 3.19. The second-order valence-electron chi connectivity index (χ2n) is 14.7. The van der Waals surface area contributed by atoms with Crippen LogP contribution in [0.15, 0.2) is 42.0 Å². The van der Waals surface area contributed by atoms with Crippen LogP contribution in [-0.4, -0.2) is 59.0 Å². The first-order chi connectivity index (χ1) is 19.2. The minimum atomic E-state index is -1.89. The predicted molar refractivity (Wildman–Crippen MR) is 165 cm³/mol. The van der Waals surface area contributed by atoms with Crippen LogP contribution in [-0.2, 0) is 34.8 Å². The highest BCUT2D eigenvalue weighted by Gasteiger charge is 2.58. The summed E-state index contributed by atoms with van der Waals surface area (Å²) in [6.07, 6.45) is 5.05. The number of allylic oxidation sites excluding steroid dienone is 1. The van der Waals surface area contributed by atoms with Crippen molar-refractivity contribution >= 4 is 14.1 Å². The van der Waals surface area contributed by atoms with Gasteiger partial charge in [0.05, 0.1) is 19.3 Å². The van der Waals surface area contributed by atoms with E-state index >= 15 is 0 Å². The van der Waals surface area contributed by atoms with E-state index in [9.17, 15) is 4.79 Å². The van der Waals surface area contributed by atoms with Gasteiger partial charge in [-0.3, -0.25) is 4.79 Å². The number of carbonyl (C=O) groups excluding carboxylic acids is 1. The van der Waals surface area contributed by atoms with E-state index in [0.29, 0.717) is 26.2 Å². The highest BCUT2D eigenvalue weighted by atomic mass is 28.4. The molecule has 2 fully saturated rings. The maximum absolute atomic E-state index is 13.8. The molecular formula is C34H54O6Si. The van der Waals surface area contributed by atoms with Crippen LogP contribution < -0.4 is 0 Å². The highest BCUT2D eigenvalue weighted by Crippen LogP contribution is 2.54. The maximum atomic E-state index is 13.8. The molecule has 0 aromatic heterocycles. The normalized spacial score (nSPS) is 33.3. The van der Waals surface area contributed by atoms with Crippen LogP contribution >= 0.6 is 0 Å². The molecule has 1 saturated carbocycles. The van der Waals surface area contributed by atoms with Gasteiger partial charge < -0.3 is 23.4 Å². The Morgan fingerprint density at radius 3 is 2.44 bits per heavy atom. The monoisotopic (exact) mass is 586 g/mol. The number of Topliss-reactive ketones (excluding diaryl/α,β-unsaturated/α-hetero) is 1. The number of ketones is 1. The molecule has 6 atom stereocenters.